The van der Waals surface area contributed by atoms with Crippen molar-refractivity contribution in [3.8, 4) is 0 Å². The number of nitrogens with zero attached hydrogens (tertiary/aromatic N) is 4. The number of aromatic nitrogens is 2. The lowest BCUT2D eigenvalue weighted by Crippen LogP contribution is -2.37. The van der Waals surface area contributed by atoms with E-state index in [0.29, 0.717) is 11.5 Å². The van der Waals surface area contributed by atoms with Crippen molar-refractivity contribution < 1.29 is 4.79 Å². The molecule has 2 saturated heterocycles. The van der Waals surface area contributed by atoms with E-state index in [2.05, 4.69) is 21.8 Å². The van der Waals surface area contributed by atoms with E-state index in [1.54, 1.807) is 12.4 Å². The van der Waals surface area contributed by atoms with E-state index < -0.39 is 0 Å². The fourth-order valence-corrected chi connectivity index (χ4v) is 3.25. The van der Waals surface area contributed by atoms with E-state index in [1.165, 1.54) is 19.3 Å². The first-order valence-corrected chi connectivity index (χ1v) is 8.10. The minimum Gasteiger partial charge on any atom is -0.341 e. The molecule has 1 aromatic heterocycles. The summed E-state index contributed by atoms with van der Waals surface area (Å²) in [4.78, 5) is 25.4. The molecule has 21 heavy (non-hydrogen) atoms. The second kappa shape index (κ2) is 6.41. The molecule has 0 aliphatic carbocycles. The van der Waals surface area contributed by atoms with Gasteiger partial charge < -0.3 is 9.80 Å². The van der Waals surface area contributed by atoms with Gasteiger partial charge >= 0.3 is 0 Å². The van der Waals surface area contributed by atoms with Gasteiger partial charge in [0.2, 0.25) is 5.95 Å². The van der Waals surface area contributed by atoms with E-state index >= 15 is 0 Å². The van der Waals surface area contributed by atoms with Crippen LogP contribution >= 0.6 is 0 Å². The van der Waals surface area contributed by atoms with Crippen LogP contribution in [-0.4, -0.2) is 47.0 Å². The third-order valence-corrected chi connectivity index (χ3v) is 4.47. The van der Waals surface area contributed by atoms with E-state index in [9.17, 15) is 4.79 Å². The van der Waals surface area contributed by atoms with Gasteiger partial charge in [-0.2, -0.15) is 0 Å². The molecule has 1 amide bonds. The SMILES string of the molecule is CC1CCCN(c2ncc(C(=O)N3CCCCC3)cn2)C1. The summed E-state index contributed by atoms with van der Waals surface area (Å²) in [6.07, 6.45) is 9.30. The zero-order chi connectivity index (χ0) is 14.7. The molecule has 0 aromatic carbocycles. The normalized spacial score (nSPS) is 23.2. The molecule has 0 N–H and O–H groups in total. The zero-order valence-electron chi connectivity index (χ0n) is 12.8. The molecule has 1 atom stereocenters. The highest BCUT2D eigenvalue weighted by Crippen LogP contribution is 2.20. The Bertz CT molecular complexity index is 482. The number of anilines is 1. The number of carbonyl (C=O) groups excluding carboxylic acids is 1. The Hall–Kier alpha value is -1.65. The molecule has 5 nitrogen and oxygen atoms in total. The van der Waals surface area contributed by atoms with Crippen molar-refractivity contribution in [1.29, 1.82) is 0 Å². The third kappa shape index (κ3) is 3.34. The van der Waals surface area contributed by atoms with Gasteiger partial charge in [0.15, 0.2) is 0 Å². The molecule has 5 heteroatoms. The summed E-state index contributed by atoms with van der Waals surface area (Å²) in [5.74, 6) is 1.53. The van der Waals surface area contributed by atoms with Crippen LogP contribution in [0.5, 0.6) is 0 Å². The molecule has 0 spiro atoms. The summed E-state index contributed by atoms with van der Waals surface area (Å²) in [6, 6.07) is 0. The van der Waals surface area contributed by atoms with Crippen LogP contribution < -0.4 is 4.90 Å². The number of likely N-dealkylation sites (tertiary alicyclic amines) is 1. The van der Waals surface area contributed by atoms with Crippen molar-refractivity contribution in [3.05, 3.63) is 18.0 Å². The summed E-state index contributed by atoms with van der Waals surface area (Å²) < 4.78 is 0. The predicted molar refractivity (Wildman–Crippen MR) is 82.4 cm³/mol. The lowest BCUT2D eigenvalue weighted by Gasteiger charge is -2.31. The molecule has 1 aromatic rings. The molecule has 2 fully saturated rings. The number of hydrogen-bond donors (Lipinski definition) is 0. The fraction of sp³-hybridized carbons (Fsp3) is 0.688. The van der Waals surface area contributed by atoms with Crippen LogP contribution in [0.4, 0.5) is 5.95 Å². The predicted octanol–water partition coefficient (Wildman–Crippen LogP) is 2.34. The third-order valence-electron chi connectivity index (χ3n) is 4.47. The molecular formula is C16H24N4O. The molecule has 2 aliphatic rings. The van der Waals surface area contributed by atoms with Crippen molar-refractivity contribution >= 4 is 11.9 Å². The summed E-state index contributed by atoms with van der Waals surface area (Å²) in [7, 11) is 0. The van der Waals surface area contributed by atoms with Crippen molar-refractivity contribution in [2.75, 3.05) is 31.1 Å². The number of amides is 1. The monoisotopic (exact) mass is 288 g/mol. The van der Waals surface area contributed by atoms with Crippen molar-refractivity contribution in [1.82, 2.24) is 14.9 Å². The van der Waals surface area contributed by atoms with Crippen LogP contribution in [0, 0.1) is 5.92 Å². The summed E-state index contributed by atoms with van der Waals surface area (Å²) in [6.45, 7) is 6.03. The van der Waals surface area contributed by atoms with Gasteiger partial charge in [0, 0.05) is 38.6 Å². The van der Waals surface area contributed by atoms with E-state index in [1.807, 2.05) is 4.90 Å². The van der Waals surface area contributed by atoms with Crippen LogP contribution in [0.15, 0.2) is 12.4 Å². The van der Waals surface area contributed by atoms with Gasteiger partial charge in [-0.1, -0.05) is 6.92 Å². The Labute approximate surface area is 126 Å². The van der Waals surface area contributed by atoms with E-state index in [-0.39, 0.29) is 5.91 Å². The highest BCUT2D eigenvalue weighted by molar-refractivity contribution is 5.93. The molecule has 0 bridgehead atoms. The molecule has 0 radical (unpaired) electrons. The lowest BCUT2D eigenvalue weighted by atomic mass is 10.0. The Balaban J connectivity index is 1.67. The van der Waals surface area contributed by atoms with Gasteiger partial charge in [-0.05, 0) is 38.0 Å². The lowest BCUT2D eigenvalue weighted by molar-refractivity contribution is 0.0723. The van der Waals surface area contributed by atoms with Crippen molar-refractivity contribution in [3.63, 3.8) is 0 Å². The molecule has 1 unspecified atom stereocenters. The van der Waals surface area contributed by atoms with Gasteiger partial charge in [0.25, 0.3) is 5.91 Å². The van der Waals surface area contributed by atoms with Crippen LogP contribution in [0.3, 0.4) is 0 Å². The van der Waals surface area contributed by atoms with Gasteiger partial charge in [0.05, 0.1) is 5.56 Å². The average Bonchev–Trinajstić information content (AvgIpc) is 2.55. The Morgan fingerprint density at radius 1 is 1.10 bits per heavy atom. The second-order valence-electron chi connectivity index (χ2n) is 6.32. The van der Waals surface area contributed by atoms with Gasteiger partial charge in [0.1, 0.15) is 0 Å². The maximum atomic E-state index is 12.4. The minimum absolute atomic E-state index is 0.0771. The molecule has 3 heterocycles. The van der Waals surface area contributed by atoms with Crippen LogP contribution in [0.25, 0.3) is 0 Å². The Morgan fingerprint density at radius 3 is 2.48 bits per heavy atom. The number of hydrogen-bond acceptors (Lipinski definition) is 4. The number of rotatable bonds is 2. The molecule has 0 saturated carbocycles. The first-order chi connectivity index (χ1) is 10.2. The Kier molecular flexibility index (Phi) is 4.36. The minimum atomic E-state index is 0.0771. The van der Waals surface area contributed by atoms with Crippen LogP contribution in [-0.2, 0) is 0 Å². The molecular weight excluding hydrogens is 264 g/mol. The summed E-state index contributed by atoms with van der Waals surface area (Å²) in [5.41, 5.74) is 0.616. The smallest absolute Gasteiger partial charge is 0.256 e. The molecule has 2 aliphatic heterocycles. The quantitative estimate of drug-likeness (QED) is 0.838. The maximum Gasteiger partial charge on any atom is 0.256 e. The summed E-state index contributed by atoms with van der Waals surface area (Å²) >= 11 is 0. The highest BCUT2D eigenvalue weighted by atomic mass is 16.2. The fourth-order valence-electron chi connectivity index (χ4n) is 3.25. The van der Waals surface area contributed by atoms with E-state index in [0.717, 1.165) is 45.0 Å². The molecule has 3 rings (SSSR count). The standard InChI is InChI=1S/C16H24N4O/c1-13-6-5-9-20(12-13)16-17-10-14(11-18-16)15(21)19-7-3-2-4-8-19/h10-11,13H,2-9,12H2,1H3. The van der Waals surface area contributed by atoms with Crippen molar-refractivity contribution in [2.45, 2.75) is 39.0 Å². The average molecular weight is 288 g/mol. The zero-order valence-corrected chi connectivity index (χ0v) is 12.8. The molecule has 114 valence electrons. The second-order valence-corrected chi connectivity index (χ2v) is 6.32. The maximum absolute atomic E-state index is 12.4. The van der Waals surface area contributed by atoms with Crippen molar-refractivity contribution in [2.24, 2.45) is 5.92 Å². The highest BCUT2D eigenvalue weighted by Gasteiger charge is 2.21. The summed E-state index contributed by atoms with van der Waals surface area (Å²) in [5, 5.41) is 0. The Morgan fingerprint density at radius 2 is 1.81 bits per heavy atom. The van der Waals surface area contributed by atoms with E-state index in [4.69, 9.17) is 0 Å². The largest absolute Gasteiger partial charge is 0.341 e. The number of carbonyl (C=O) groups is 1. The van der Waals surface area contributed by atoms with Gasteiger partial charge in [-0.3, -0.25) is 4.79 Å². The topological polar surface area (TPSA) is 49.3 Å². The van der Waals surface area contributed by atoms with Crippen LogP contribution in [0.2, 0.25) is 0 Å². The number of piperidine rings is 2. The van der Waals surface area contributed by atoms with Gasteiger partial charge in [-0.25, -0.2) is 9.97 Å². The van der Waals surface area contributed by atoms with Crippen LogP contribution in [0.1, 0.15) is 49.4 Å². The van der Waals surface area contributed by atoms with Gasteiger partial charge in [-0.15, -0.1) is 0 Å². The first kappa shape index (κ1) is 14.3. The first-order valence-electron chi connectivity index (χ1n) is 8.10.